The first-order valence-corrected chi connectivity index (χ1v) is 7.57. The third kappa shape index (κ3) is 1.95. The monoisotopic (exact) mass is 272 g/mol. The number of piperidine rings is 1. The van der Waals surface area contributed by atoms with Crippen LogP contribution in [0.3, 0.4) is 0 Å². The summed E-state index contributed by atoms with van der Waals surface area (Å²) in [6.07, 6.45) is 9.70. The number of imidazole rings is 1. The molecule has 0 bridgehead atoms. The molecule has 2 fully saturated rings. The minimum atomic E-state index is 0.549. The molecule has 6 nitrogen and oxygen atoms in total. The molecular formula is C14H20N6. The van der Waals surface area contributed by atoms with Crippen LogP contribution in [0, 0.1) is 0 Å². The third-order valence-corrected chi connectivity index (χ3v) is 4.59. The summed E-state index contributed by atoms with van der Waals surface area (Å²) in [5.41, 5.74) is 1.73. The standard InChI is InChI=1S/C14H20N6/c1-2-7-20(11(5-1)10-4-3-6-15-10)14-12-13(17-8-16-12)18-9-19-14/h8-11,15H,1-7H2,(H,16,17,18,19). The average Bonchev–Trinajstić information content (AvgIpc) is 3.18. The van der Waals surface area contributed by atoms with E-state index in [0.717, 1.165) is 30.1 Å². The zero-order valence-corrected chi connectivity index (χ0v) is 11.5. The quantitative estimate of drug-likeness (QED) is 0.866. The molecule has 0 aromatic carbocycles. The highest BCUT2D eigenvalue weighted by Gasteiger charge is 2.33. The molecule has 0 aliphatic carbocycles. The third-order valence-electron chi connectivity index (χ3n) is 4.59. The lowest BCUT2D eigenvalue weighted by molar-refractivity contribution is 0.376. The van der Waals surface area contributed by atoms with E-state index in [-0.39, 0.29) is 0 Å². The molecule has 4 heterocycles. The number of nitrogens with one attached hydrogen (secondary N) is 2. The smallest absolute Gasteiger partial charge is 0.182 e. The van der Waals surface area contributed by atoms with Crippen molar-refractivity contribution in [2.75, 3.05) is 18.0 Å². The molecule has 0 spiro atoms. The Morgan fingerprint density at radius 1 is 1.10 bits per heavy atom. The van der Waals surface area contributed by atoms with Gasteiger partial charge in [-0.3, -0.25) is 0 Å². The Bertz CT molecular complexity index is 588. The summed E-state index contributed by atoms with van der Waals surface area (Å²) in [5.74, 6) is 1.02. The Labute approximate surface area is 118 Å². The van der Waals surface area contributed by atoms with Crippen molar-refractivity contribution in [2.45, 2.75) is 44.2 Å². The van der Waals surface area contributed by atoms with E-state index >= 15 is 0 Å². The fourth-order valence-corrected chi connectivity index (χ4v) is 3.65. The molecule has 2 saturated heterocycles. The first-order valence-electron chi connectivity index (χ1n) is 7.57. The van der Waals surface area contributed by atoms with Crippen molar-refractivity contribution < 1.29 is 0 Å². The van der Waals surface area contributed by atoms with E-state index < -0.39 is 0 Å². The molecule has 4 rings (SSSR count). The van der Waals surface area contributed by atoms with Gasteiger partial charge in [-0.05, 0) is 38.6 Å². The lowest BCUT2D eigenvalue weighted by atomic mass is 9.94. The highest BCUT2D eigenvalue weighted by atomic mass is 15.3. The van der Waals surface area contributed by atoms with Gasteiger partial charge in [0.25, 0.3) is 0 Å². The van der Waals surface area contributed by atoms with Crippen LogP contribution in [-0.2, 0) is 0 Å². The molecule has 6 heteroatoms. The molecular weight excluding hydrogens is 252 g/mol. The van der Waals surface area contributed by atoms with Gasteiger partial charge in [0, 0.05) is 18.6 Å². The van der Waals surface area contributed by atoms with Crippen molar-refractivity contribution in [2.24, 2.45) is 0 Å². The highest BCUT2D eigenvalue weighted by Crippen LogP contribution is 2.30. The molecule has 2 aromatic heterocycles. The van der Waals surface area contributed by atoms with Gasteiger partial charge in [-0.25, -0.2) is 15.0 Å². The van der Waals surface area contributed by atoms with E-state index in [1.165, 1.54) is 32.1 Å². The second-order valence-corrected chi connectivity index (χ2v) is 5.76. The van der Waals surface area contributed by atoms with Gasteiger partial charge in [0.2, 0.25) is 0 Å². The number of rotatable bonds is 2. The first-order chi connectivity index (χ1) is 9.93. The molecule has 0 saturated carbocycles. The van der Waals surface area contributed by atoms with Gasteiger partial charge in [-0.2, -0.15) is 0 Å². The second-order valence-electron chi connectivity index (χ2n) is 5.76. The SMILES string of the molecule is c1nc(N2CCCCC2C2CCCN2)c2[nH]cnc2n1. The molecule has 0 amide bonds. The van der Waals surface area contributed by atoms with Gasteiger partial charge in [0.05, 0.1) is 6.33 Å². The normalized spacial score (nSPS) is 27.3. The molecule has 2 aliphatic rings. The van der Waals surface area contributed by atoms with Gasteiger partial charge >= 0.3 is 0 Å². The van der Waals surface area contributed by atoms with Crippen LogP contribution in [0.15, 0.2) is 12.7 Å². The zero-order chi connectivity index (χ0) is 13.4. The van der Waals surface area contributed by atoms with Crippen molar-refractivity contribution >= 4 is 17.0 Å². The summed E-state index contributed by atoms with van der Waals surface area (Å²) >= 11 is 0. The minimum Gasteiger partial charge on any atom is -0.350 e. The van der Waals surface area contributed by atoms with E-state index in [1.54, 1.807) is 12.7 Å². The van der Waals surface area contributed by atoms with Gasteiger partial charge in [0.15, 0.2) is 11.5 Å². The molecule has 2 unspecified atom stereocenters. The molecule has 2 atom stereocenters. The molecule has 2 aromatic rings. The summed E-state index contributed by atoms with van der Waals surface area (Å²) in [6, 6.07) is 1.15. The van der Waals surface area contributed by atoms with Gasteiger partial charge < -0.3 is 15.2 Å². The number of aromatic amines is 1. The van der Waals surface area contributed by atoms with Crippen molar-refractivity contribution in [3.8, 4) is 0 Å². The summed E-state index contributed by atoms with van der Waals surface area (Å²) in [5, 5.41) is 3.66. The van der Waals surface area contributed by atoms with Gasteiger partial charge in [-0.1, -0.05) is 0 Å². The molecule has 106 valence electrons. The summed E-state index contributed by atoms with van der Waals surface area (Å²) in [6.45, 7) is 2.23. The summed E-state index contributed by atoms with van der Waals surface area (Å²) in [4.78, 5) is 18.7. The summed E-state index contributed by atoms with van der Waals surface area (Å²) in [7, 11) is 0. The number of fused-ring (bicyclic) bond motifs is 1. The average molecular weight is 272 g/mol. The van der Waals surface area contributed by atoms with Crippen molar-refractivity contribution in [1.82, 2.24) is 25.3 Å². The Balaban J connectivity index is 1.72. The number of hydrogen-bond donors (Lipinski definition) is 2. The van der Waals surface area contributed by atoms with Crippen LogP contribution in [0.25, 0.3) is 11.2 Å². The Morgan fingerprint density at radius 2 is 2.10 bits per heavy atom. The predicted molar refractivity (Wildman–Crippen MR) is 77.7 cm³/mol. The zero-order valence-electron chi connectivity index (χ0n) is 11.5. The summed E-state index contributed by atoms with van der Waals surface area (Å²) < 4.78 is 0. The lowest BCUT2D eigenvalue weighted by Crippen LogP contribution is -2.50. The van der Waals surface area contributed by atoms with Crippen LogP contribution in [0.5, 0.6) is 0 Å². The number of aromatic nitrogens is 4. The van der Waals surface area contributed by atoms with Crippen LogP contribution in [0.2, 0.25) is 0 Å². The Kier molecular flexibility index (Phi) is 3.03. The molecule has 2 N–H and O–H groups in total. The van der Waals surface area contributed by atoms with Crippen LogP contribution >= 0.6 is 0 Å². The molecule has 2 aliphatic heterocycles. The van der Waals surface area contributed by atoms with E-state index in [4.69, 9.17) is 0 Å². The Morgan fingerprint density at radius 3 is 3.00 bits per heavy atom. The first kappa shape index (κ1) is 12.1. The van der Waals surface area contributed by atoms with Crippen molar-refractivity contribution in [3.63, 3.8) is 0 Å². The van der Waals surface area contributed by atoms with Crippen LogP contribution < -0.4 is 10.2 Å². The minimum absolute atomic E-state index is 0.549. The Hall–Kier alpha value is -1.69. The lowest BCUT2D eigenvalue weighted by Gasteiger charge is -2.40. The maximum absolute atomic E-state index is 4.54. The fraction of sp³-hybridized carbons (Fsp3) is 0.643. The molecule has 0 radical (unpaired) electrons. The second kappa shape index (κ2) is 5.01. The maximum Gasteiger partial charge on any atom is 0.182 e. The largest absolute Gasteiger partial charge is 0.350 e. The maximum atomic E-state index is 4.54. The van der Waals surface area contributed by atoms with Crippen molar-refractivity contribution in [3.05, 3.63) is 12.7 Å². The highest BCUT2D eigenvalue weighted by molar-refractivity contribution is 5.82. The number of H-pyrrole nitrogens is 1. The topological polar surface area (TPSA) is 69.7 Å². The number of nitrogens with zero attached hydrogens (tertiary/aromatic N) is 4. The van der Waals surface area contributed by atoms with E-state index in [0.29, 0.717) is 12.1 Å². The van der Waals surface area contributed by atoms with Gasteiger partial charge in [0.1, 0.15) is 11.8 Å². The van der Waals surface area contributed by atoms with Crippen LogP contribution in [-0.4, -0.2) is 45.1 Å². The number of hydrogen-bond acceptors (Lipinski definition) is 5. The van der Waals surface area contributed by atoms with Crippen LogP contribution in [0.1, 0.15) is 32.1 Å². The van der Waals surface area contributed by atoms with Gasteiger partial charge in [-0.15, -0.1) is 0 Å². The van der Waals surface area contributed by atoms with E-state index in [2.05, 4.69) is 30.2 Å². The molecule has 20 heavy (non-hydrogen) atoms. The number of anilines is 1. The fourth-order valence-electron chi connectivity index (χ4n) is 3.65. The predicted octanol–water partition coefficient (Wildman–Crippen LogP) is 1.46. The van der Waals surface area contributed by atoms with E-state index in [9.17, 15) is 0 Å². The van der Waals surface area contributed by atoms with E-state index in [1.807, 2.05) is 0 Å². The van der Waals surface area contributed by atoms with Crippen LogP contribution in [0.4, 0.5) is 5.82 Å². The van der Waals surface area contributed by atoms with Crippen molar-refractivity contribution in [1.29, 1.82) is 0 Å².